The molecule has 1 unspecified atom stereocenters. The highest BCUT2D eigenvalue weighted by atomic mass is 16.3. The van der Waals surface area contributed by atoms with Gasteiger partial charge in [-0.2, -0.15) is 0 Å². The molecule has 0 bridgehead atoms. The molecule has 0 aromatic heterocycles. The molecule has 0 spiro atoms. The van der Waals surface area contributed by atoms with Crippen molar-refractivity contribution in [1.29, 1.82) is 0 Å². The number of amides is 1. The summed E-state index contributed by atoms with van der Waals surface area (Å²) >= 11 is 0. The molecule has 2 N–H and O–H groups in total. The number of hydrogen-bond donors (Lipinski definition) is 2. The number of nitrogens with one attached hydrogen (secondary N) is 1. The fraction of sp³-hybridized carbons (Fsp3) is 0.562. The first-order valence-electron chi connectivity index (χ1n) is 7.20. The number of benzene rings is 1. The van der Waals surface area contributed by atoms with E-state index in [1.165, 1.54) is 24.0 Å². The third-order valence-electron chi connectivity index (χ3n) is 4.81. The zero-order valence-electron chi connectivity index (χ0n) is 11.2. The van der Waals surface area contributed by atoms with E-state index in [1.807, 2.05) is 18.2 Å². The van der Waals surface area contributed by atoms with Gasteiger partial charge in [0.1, 0.15) is 0 Å². The Labute approximate surface area is 114 Å². The molecule has 1 atom stereocenters. The molecule has 3 rings (SSSR count). The lowest BCUT2D eigenvalue weighted by Crippen LogP contribution is -2.42. The van der Waals surface area contributed by atoms with Crippen molar-refractivity contribution in [2.24, 2.45) is 5.41 Å². The van der Waals surface area contributed by atoms with Crippen LogP contribution < -0.4 is 5.32 Å². The predicted octanol–water partition coefficient (Wildman–Crippen LogP) is 2.00. The van der Waals surface area contributed by atoms with E-state index >= 15 is 0 Å². The number of hydrogen-bond acceptors (Lipinski definition) is 2. The van der Waals surface area contributed by atoms with Crippen LogP contribution in [0, 0.1) is 5.41 Å². The molecule has 0 aliphatic heterocycles. The quantitative estimate of drug-likeness (QED) is 0.869. The first-order valence-corrected chi connectivity index (χ1v) is 7.20. The molecule has 1 amide bonds. The normalized spacial score (nSPS) is 23.5. The molecule has 3 heteroatoms. The summed E-state index contributed by atoms with van der Waals surface area (Å²) in [5.74, 6) is 0.145. The van der Waals surface area contributed by atoms with E-state index in [4.69, 9.17) is 0 Å². The molecule has 1 saturated carbocycles. The summed E-state index contributed by atoms with van der Waals surface area (Å²) in [6.07, 6.45) is 5.26. The number of aliphatic hydroxyl groups excluding tert-OH is 1. The number of fused-ring (bicyclic) bond motifs is 1. The number of aliphatic hydroxyl groups is 1. The van der Waals surface area contributed by atoms with Gasteiger partial charge in [0.25, 0.3) is 0 Å². The van der Waals surface area contributed by atoms with Crippen LogP contribution in [-0.2, 0) is 11.2 Å². The molecule has 0 radical (unpaired) electrons. The smallest absolute Gasteiger partial charge is 0.227 e. The highest BCUT2D eigenvalue weighted by Crippen LogP contribution is 2.38. The van der Waals surface area contributed by atoms with Gasteiger partial charge in [0, 0.05) is 12.0 Å². The summed E-state index contributed by atoms with van der Waals surface area (Å²) in [6, 6.07) is 8.14. The van der Waals surface area contributed by atoms with Gasteiger partial charge in [0.2, 0.25) is 5.91 Å². The van der Waals surface area contributed by atoms with Gasteiger partial charge in [-0.3, -0.25) is 4.79 Å². The number of rotatable bonds is 4. The van der Waals surface area contributed by atoms with E-state index in [9.17, 15) is 9.90 Å². The van der Waals surface area contributed by atoms with Gasteiger partial charge in [-0.1, -0.05) is 37.1 Å². The van der Waals surface area contributed by atoms with E-state index in [0.717, 1.165) is 19.3 Å². The Morgan fingerprint density at radius 1 is 1.32 bits per heavy atom. The van der Waals surface area contributed by atoms with Crippen molar-refractivity contribution in [2.45, 2.75) is 38.0 Å². The Morgan fingerprint density at radius 2 is 2.05 bits per heavy atom. The third-order valence-corrected chi connectivity index (χ3v) is 4.81. The van der Waals surface area contributed by atoms with Gasteiger partial charge in [0.05, 0.1) is 12.5 Å². The average Bonchev–Trinajstić information content (AvgIpc) is 2.87. The van der Waals surface area contributed by atoms with Crippen molar-refractivity contribution in [2.75, 3.05) is 13.2 Å². The second-order valence-electron chi connectivity index (χ2n) is 6.04. The molecule has 1 aromatic rings. The molecule has 0 heterocycles. The summed E-state index contributed by atoms with van der Waals surface area (Å²) in [6.45, 7) is 0.815. The molecule has 19 heavy (non-hydrogen) atoms. The van der Waals surface area contributed by atoms with Gasteiger partial charge in [-0.05, 0) is 30.4 Å². The molecular weight excluding hydrogens is 238 g/mol. The molecule has 1 fully saturated rings. The summed E-state index contributed by atoms with van der Waals surface area (Å²) in [5.41, 5.74) is 2.41. The van der Waals surface area contributed by atoms with Crippen molar-refractivity contribution in [1.82, 2.24) is 5.32 Å². The maximum atomic E-state index is 12.2. The van der Waals surface area contributed by atoms with Gasteiger partial charge in [0.15, 0.2) is 0 Å². The summed E-state index contributed by atoms with van der Waals surface area (Å²) < 4.78 is 0. The second kappa shape index (κ2) is 4.97. The van der Waals surface area contributed by atoms with E-state index in [-0.39, 0.29) is 23.8 Å². The fourth-order valence-corrected chi connectivity index (χ4v) is 3.41. The van der Waals surface area contributed by atoms with Crippen molar-refractivity contribution in [3.63, 3.8) is 0 Å². The molecule has 2 aliphatic carbocycles. The van der Waals surface area contributed by atoms with Gasteiger partial charge in [-0.15, -0.1) is 0 Å². The maximum Gasteiger partial charge on any atom is 0.227 e. The van der Waals surface area contributed by atoms with Gasteiger partial charge in [-0.25, -0.2) is 0 Å². The lowest BCUT2D eigenvalue weighted by Gasteiger charge is -2.32. The van der Waals surface area contributed by atoms with Crippen LogP contribution in [0.25, 0.3) is 0 Å². The van der Waals surface area contributed by atoms with Crippen molar-refractivity contribution in [3.8, 4) is 0 Å². The minimum absolute atomic E-state index is 0.0216. The van der Waals surface area contributed by atoms with E-state index in [0.29, 0.717) is 6.54 Å². The molecule has 102 valence electrons. The van der Waals surface area contributed by atoms with Crippen LogP contribution in [0.1, 0.15) is 42.7 Å². The SMILES string of the molecule is O=C(NCC1(CO)CCCC1)C1Cc2ccccc21. The number of carbonyl (C=O) groups is 1. The second-order valence-corrected chi connectivity index (χ2v) is 6.04. The summed E-state index contributed by atoms with van der Waals surface area (Å²) in [7, 11) is 0. The maximum absolute atomic E-state index is 12.2. The van der Waals surface area contributed by atoms with Crippen molar-refractivity contribution < 1.29 is 9.90 Å². The average molecular weight is 259 g/mol. The minimum atomic E-state index is -0.0566. The Balaban J connectivity index is 1.58. The Hall–Kier alpha value is -1.35. The Kier molecular flexibility index (Phi) is 3.31. The van der Waals surface area contributed by atoms with Crippen LogP contribution in [0.2, 0.25) is 0 Å². The molecule has 0 saturated heterocycles. The molecular formula is C16H21NO2. The lowest BCUT2D eigenvalue weighted by molar-refractivity contribution is -0.123. The first-order chi connectivity index (χ1) is 9.24. The predicted molar refractivity (Wildman–Crippen MR) is 73.9 cm³/mol. The molecule has 1 aromatic carbocycles. The third kappa shape index (κ3) is 2.27. The van der Waals surface area contributed by atoms with Crippen LogP contribution in [0.5, 0.6) is 0 Å². The fourth-order valence-electron chi connectivity index (χ4n) is 3.41. The topological polar surface area (TPSA) is 49.3 Å². The first kappa shape index (κ1) is 12.7. The largest absolute Gasteiger partial charge is 0.396 e. The zero-order chi connectivity index (χ0) is 13.3. The number of carbonyl (C=O) groups excluding carboxylic acids is 1. The lowest BCUT2D eigenvalue weighted by atomic mass is 9.77. The Morgan fingerprint density at radius 3 is 2.74 bits per heavy atom. The standard InChI is InChI=1S/C16H21NO2/c18-11-16(7-3-4-8-16)10-17-15(19)14-9-12-5-1-2-6-13(12)14/h1-2,5-6,14,18H,3-4,7-11H2,(H,17,19). The molecule has 2 aliphatic rings. The van der Waals surface area contributed by atoms with E-state index < -0.39 is 0 Å². The summed E-state index contributed by atoms with van der Waals surface area (Å²) in [4.78, 5) is 12.2. The van der Waals surface area contributed by atoms with Gasteiger partial charge < -0.3 is 10.4 Å². The van der Waals surface area contributed by atoms with Crippen LogP contribution >= 0.6 is 0 Å². The highest BCUT2D eigenvalue weighted by molar-refractivity contribution is 5.86. The summed E-state index contributed by atoms with van der Waals surface area (Å²) in [5, 5.41) is 12.6. The highest BCUT2D eigenvalue weighted by Gasteiger charge is 2.36. The minimum Gasteiger partial charge on any atom is -0.396 e. The zero-order valence-corrected chi connectivity index (χ0v) is 11.2. The van der Waals surface area contributed by atoms with Crippen LogP contribution in [0.3, 0.4) is 0 Å². The van der Waals surface area contributed by atoms with Gasteiger partial charge >= 0.3 is 0 Å². The van der Waals surface area contributed by atoms with Crippen LogP contribution in [-0.4, -0.2) is 24.2 Å². The monoisotopic (exact) mass is 259 g/mol. The Bertz CT molecular complexity index is 477. The van der Waals surface area contributed by atoms with Crippen LogP contribution in [0.15, 0.2) is 24.3 Å². The van der Waals surface area contributed by atoms with E-state index in [2.05, 4.69) is 11.4 Å². The van der Waals surface area contributed by atoms with Crippen molar-refractivity contribution in [3.05, 3.63) is 35.4 Å². The van der Waals surface area contributed by atoms with E-state index in [1.54, 1.807) is 0 Å². The molecule has 3 nitrogen and oxygen atoms in total. The van der Waals surface area contributed by atoms with Crippen molar-refractivity contribution >= 4 is 5.91 Å². The van der Waals surface area contributed by atoms with Crippen LogP contribution in [0.4, 0.5) is 0 Å².